The van der Waals surface area contributed by atoms with Crippen molar-refractivity contribution in [1.29, 1.82) is 0 Å². The van der Waals surface area contributed by atoms with Gasteiger partial charge < -0.3 is 29.0 Å². The third kappa shape index (κ3) is 46.1. The molecule has 0 aliphatic carbocycles. The molecule has 358 valence electrons. The maximum Gasteiger partial charge on any atom is 0.508 e. The van der Waals surface area contributed by atoms with Crippen molar-refractivity contribution in [3.8, 4) is 0 Å². The van der Waals surface area contributed by atoms with Gasteiger partial charge >= 0.3 is 12.1 Å². The Morgan fingerprint density at radius 3 is 1.25 bits per heavy atom. The Labute approximate surface area is 373 Å². The van der Waals surface area contributed by atoms with Crippen LogP contribution >= 0.6 is 0 Å². The molecular formula is C52H103NO7. The van der Waals surface area contributed by atoms with Crippen molar-refractivity contribution in [2.75, 3.05) is 52.7 Å². The average Bonchev–Trinajstić information content (AvgIpc) is 3.24. The van der Waals surface area contributed by atoms with Crippen molar-refractivity contribution in [3.63, 3.8) is 0 Å². The number of hydrogen-bond acceptors (Lipinski definition) is 8. The van der Waals surface area contributed by atoms with Crippen LogP contribution in [-0.4, -0.2) is 80.9 Å². The summed E-state index contributed by atoms with van der Waals surface area (Å²) in [7, 11) is 0. The lowest BCUT2D eigenvalue weighted by Gasteiger charge is -2.22. The number of ether oxygens (including phenoxy) is 4. The van der Waals surface area contributed by atoms with Gasteiger partial charge in [0.1, 0.15) is 6.10 Å². The zero-order valence-electron chi connectivity index (χ0n) is 40.4. The summed E-state index contributed by atoms with van der Waals surface area (Å²) in [6.07, 6.45) is 45.1. The van der Waals surface area contributed by atoms with Gasteiger partial charge in [-0.25, -0.2) is 4.79 Å². The largest absolute Gasteiger partial charge is 0.508 e. The number of unbranched alkanes of at least 4 members (excludes halogenated alkanes) is 30. The van der Waals surface area contributed by atoms with Gasteiger partial charge in [-0.1, -0.05) is 201 Å². The SMILES string of the molecule is CCCCCCCCCCCCCOC(=O)CCCCCN(CCCCCCCOC(=O)OC(CCCCCCCCCC)CCCCCCCCCC)CCOCCO. The van der Waals surface area contributed by atoms with E-state index in [1.807, 2.05) is 0 Å². The van der Waals surface area contributed by atoms with Gasteiger partial charge in [0, 0.05) is 13.0 Å². The number of esters is 1. The second-order valence-corrected chi connectivity index (χ2v) is 17.9. The van der Waals surface area contributed by atoms with Crippen molar-refractivity contribution in [3.05, 3.63) is 0 Å². The molecule has 0 aromatic heterocycles. The number of rotatable bonds is 50. The summed E-state index contributed by atoms with van der Waals surface area (Å²) in [6, 6.07) is 0. The highest BCUT2D eigenvalue weighted by Gasteiger charge is 2.15. The molecule has 60 heavy (non-hydrogen) atoms. The lowest BCUT2D eigenvalue weighted by atomic mass is 10.0. The fraction of sp³-hybridized carbons (Fsp3) is 0.962. The highest BCUT2D eigenvalue weighted by atomic mass is 16.7. The van der Waals surface area contributed by atoms with Crippen LogP contribution < -0.4 is 0 Å². The minimum absolute atomic E-state index is 0.0138. The smallest absolute Gasteiger partial charge is 0.466 e. The van der Waals surface area contributed by atoms with Crippen molar-refractivity contribution >= 4 is 12.1 Å². The van der Waals surface area contributed by atoms with Crippen LogP contribution in [-0.2, 0) is 23.7 Å². The van der Waals surface area contributed by atoms with Crippen molar-refractivity contribution in [2.45, 2.75) is 271 Å². The Balaban J connectivity index is 4.19. The third-order valence-electron chi connectivity index (χ3n) is 12.0. The highest BCUT2D eigenvalue weighted by Crippen LogP contribution is 2.19. The molecule has 0 fully saturated rings. The molecule has 0 aliphatic heterocycles. The molecule has 0 radical (unpaired) electrons. The standard InChI is InChI=1S/C52H103NO7/c1-4-7-10-13-16-19-20-21-24-29-37-46-58-51(55)41-34-31-36-43-53(44-48-57-49-45-54)42-35-28-25-30-38-47-59-52(56)60-50(39-32-26-22-17-14-11-8-5-2)40-33-27-23-18-15-12-9-6-3/h50,54H,4-49H2,1-3H3. The zero-order chi connectivity index (χ0) is 43.7. The third-order valence-corrected chi connectivity index (χ3v) is 12.0. The minimum atomic E-state index is -0.477. The maximum atomic E-state index is 12.6. The maximum absolute atomic E-state index is 12.6. The summed E-state index contributed by atoms with van der Waals surface area (Å²) in [5, 5.41) is 9.09. The van der Waals surface area contributed by atoms with Gasteiger partial charge in [0.25, 0.3) is 0 Å². The zero-order valence-corrected chi connectivity index (χ0v) is 40.4. The molecule has 0 saturated carbocycles. The Hall–Kier alpha value is -1.38. The highest BCUT2D eigenvalue weighted by molar-refractivity contribution is 5.69. The monoisotopic (exact) mass is 854 g/mol. The van der Waals surface area contributed by atoms with Gasteiger partial charge in [-0.3, -0.25) is 4.79 Å². The van der Waals surface area contributed by atoms with Crippen LogP contribution in [0.25, 0.3) is 0 Å². The molecule has 1 N–H and O–H groups in total. The molecule has 0 bridgehead atoms. The first-order valence-electron chi connectivity index (χ1n) is 26.5. The molecule has 0 rings (SSSR count). The molecule has 8 heteroatoms. The van der Waals surface area contributed by atoms with Crippen molar-refractivity contribution < 1.29 is 33.6 Å². The number of aliphatic hydroxyl groups is 1. The molecule has 8 nitrogen and oxygen atoms in total. The molecule has 0 unspecified atom stereocenters. The van der Waals surface area contributed by atoms with Crippen molar-refractivity contribution in [1.82, 2.24) is 4.90 Å². The average molecular weight is 854 g/mol. The van der Waals surface area contributed by atoms with Crippen LogP contribution in [0.5, 0.6) is 0 Å². The van der Waals surface area contributed by atoms with E-state index < -0.39 is 6.16 Å². The molecular weight excluding hydrogens is 751 g/mol. The van der Waals surface area contributed by atoms with Gasteiger partial charge in [-0.15, -0.1) is 0 Å². The first kappa shape index (κ1) is 58.6. The van der Waals surface area contributed by atoms with Gasteiger partial charge in [0.2, 0.25) is 0 Å². The Bertz CT molecular complexity index is 838. The number of nitrogens with zero attached hydrogens (tertiary/aromatic N) is 1. The summed E-state index contributed by atoms with van der Waals surface area (Å²) in [5.41, 5.74) is 0. The summed E-state index contributed by atoms with van der Waals surface area (Å²) in [5.74, 6) is -0.0500. The van der Waals surface area contributed by atoms with E-state index in [1.54, 1.807) is 0 Å². The van der Waals surface area contributed by atoms with Crippen LogP contribution in [0.15, 0.2) is 0 Å². The molecule has 0 spiro atoms. The predicted molar refractivity (Wildman–Crippen MR) is 254 cm³/mol. The molecule has 0 heterocycles. The van der Waals surface area contributed by atoms with Crippen LogP contribution in [0.2, 0.25) is 0 Å². The van der Waals surface area contributed by atoms with E-state index in [0.29, 0.717) is 32.8 Å². The van der Waals surface area contributed by atoms with Gasteiger partial charge in [-0.05, 0) is 70.9 Å². The number of carbonyl (C=O) groups excluding carboxylic acids is 2. The molecule has 0 amide bonds. The first-order valence-corrected chi connectivity index (χ1v) is 26.5. The van der Waals surface area contributed by atoms with Gasteiger partial charge in [-0.2, -0.15) is 0 Å². The van der Waals surface area contributed by atoms with E-state index in [9.17, 15) is 9.59 Å². The lowest BCUT2D eigenvalue weighted by Crippen LogP contribution is -2.30. The van der Waals surface area contributed by atoms with Gasteiger partial charge in [0.05, 0.1) is 33.0 Å². The summed E-state index contributed by atoms with van der Waals surface area (Å²) < 4.78 is 22.5. The van der Waals surface area contributed by atoms with E-state index in [0.717, 1.165) is 110 Å². The van der Waals surface area contributed by atoms with Crippen LogP contribution in [0.3, 0.4) is 0 Å². The number of hydrogen-bond donors (Lipinski definition) is 1. The predicted octanol–water partition coefficient (Wildman–Crippen LogP) is 15.2. The Morgan fingerprint density at radius 1 is 0.417 bits per heavy atom. The van der Waals surface area contributed by atoms with Gasteiger partial charge in [0.15, 0.2) is 0 Å². The van der Waals surface area contributed by atoms with E-state index in [2.05, 4.69) is 25.7 Å². The molecule has 0 saturated heterocycles. The van der Waals surface area contributed by atoms with Crippen LogP contribution in [0.4, 0.5) is 4.79 Å². The van der Waals surface area contributed by atoms with E-state index in [1.165, 1.54) is 148 Å². The Kier molecular flexibility index (Phi) is 49.1. The lowest BCUT2D eigenvalue weighted by molar-refractivity contribution is -0.143. The second-order valence-electron chi connectivity index (χ2n) is 17.9. The number of aliphatic hydroxyl groups excluding tert-OH is 1. The van der Waals surface area contributed by atoms with Crippen LogP contribution in [0.1, 0.15) is 265 Å². The first-order chi connectivity index (χ1) is 29.6. The molecule has 0 atom stereocenters. The molecule has 0 aliphatic rings. The quantitative estimate of drug-likeness (QED) is 0.0478. The molecule has 0 aromatic rings. The second kappa shape index (κ2) is 50.3. The van der Waals surface area contributed by atoms with E-state index in [-0.39, 0.29) is 18.7 Å². The summed E-state index contributed by atoms with van der Waals surface area (Å²) in [6.45, 7) is 11.7. The topological polar surface area (TPSA) is 94.5 Å². The number of carbonyl (C=O) groups is 2. The fourth-order valence-corrected chi connectivity index (χ4v) is 8.07. The van der Waals surface area contributed by atoms with Crippen LogP contribution in [0, 0.1) is 0 Å². The normalized spacial score (nSPS) is 11.6. The summed E-state index contributed by atoms with van der Waals surface area (Å²) in [4.78, 5) is 27.3. The Morgan fingerprint density at radius 2 is 0.800 bits per heavy atom. The van der Waals surface area contributed by atoms with E-state index >= 15 is 0 Å². The van der Waals surface area contributed by atoms with Crippen molar-refractivity contribution in [2.24, 2.45) is 0 Å². The minimum Gasteiger partial charge on any atom is -0.466 e. The fourth-order valence-electron chi connectivity index (χ4n) is 8.07. The summed E-state index contributed by atoms with van der Waals surface area (Å²) >= 11 is 0. The molecule has 0 aromatic carbocycles. The van der Waals surface area contributed by atoms with E-state index in [4.69, 9.17) is 24.1 Å².